The van der Waals surface area contributed by atoms with E-state index in [-0.39, 0.29) is 12.3 Å². The topological polar surface area (TPSA) is 68.7 Å². The number of benzene rings is 2. The number of halogens is 2. The molecule has 1 aromatic heterocycles. The summed E-state index contributed by atoms with van der Waals surface area (Å²) in [6, 6.07) is 9.81. The molecule has 0 amide bonds. The highest BCUT2D eigenvalue weighted by atomic mass is 32.2. The van der Waals surface area contributed by atoms with E-state index in [0.29, 0.717) is 23.1 Å². The fourth-order valence-electron chi connectivity index (χ4n) is 4.11. The van der Waals surface area contributed by atoms with Crippen LogP contribution in [-0.4, -0.2) is 35.4 Å². The predicted molar refractivity (Wildman–Crippen MR) is 125 cm³/mol. The number of pyridine rings is 1. The Hall–Kier alpha value is -2.97. The number of esters is 1. The SMILES string of the molecule is COc1cccc(Sc2c(/C=C/[C@@H]3C[C@@H](O)CC(=O)O3)c(C3CC3)nc3cc(F)c(F)cc23)c1. The average molecular weight is 484 g/mol. The number of methoxy groups -OCH3 is 1. The Bertz CT molecular complexity index is 1290. The third kappa shape index (κ3) is 4.79. The zero-order valence-corrected chi connectivity index (χ0v) is 19.3. The van der Waals surface area contributed by atoms with Crippen LogP contribution in [0.4, 0.5) is 8.78 Å². The molecule has 0 unspecified atom stereocenters. The molecule has 2 fully saturated rings. The average Bonchev–Trinajstić information content (AvgIpc) is 3.64. The van der Waals surface area contributed by atoms with Crippen molar-refractivity contribution < 1.29 is 28.2 Å². The van der Waals surface area contributed by atoms with Gasteiger partial charge in [0.25, 0.3) is 0 Å². The van der Waals surface area contributed by atoms with Crippen molar-refractivity contribution in [3.05, 3.63) is 65.4 Å². The van der Waals surface area contributed by atoms with Crippen molar-refractivity contribution >= 4 is 34.7 Å². The molecule has 176 valence electrons. The zero-order chi connectivity index (χ0) is 23.8. The third-order valence-electron chi connectivity index (χ3n) is 5.94. The number of hydrogen-bond donors (Lipinski definition) is 1. The molecule has 2 aromatic carbocycles. The molecule has 0 spiro atoms. The van der Waals surface area contributed by atoms with E-state index in [1.54, 1.807) is 13.2 Å². The maximum absolute atomic E-state index is 14.3. The highest BCUT2D eigenvalue weighted by Crippen LogP contribution is 2.47. The molecule has 0 radical (unpaired) electrons. The largest absolute Gasteiger partial charge is 0.497 e. The van der Waals surface area contributed by atoms with E-state index in [2.05, 4.69) is 0 Å². The molecule has 1 aliphatic heterocycles. The normalized spacial score (nSPS) is 20.6. The summed E-state index contributed by atoms with van der Waals surface area (Å²) < 4.78 is 39.1. The van der Waals surface area contributed by atoms with Crippen LogP contribution >= 0.6 is 11.8 Å². The molecule has 2 aliphatic rings. The van der Waals surface area contributed by atoms with Gasteiger partial charge in [0.1, 0.15) is 11.9 Å². The van der Waals surface area contributed by atoms with Crippen LogP contribution in [0.5, 0.6) is 5.75 Å². The van der Waals surface area contributed by atoms with Crippen molar-refractivity contribution in [3.8, 4) is 5.75 Å². The lowest BCUT2D eigenvalue weighted by Crippen LogP contribution is -2.31. The quantitative estimate of drug-likeness (QED) is 0.459. The van der Waals surface area contributed by atoms with Crippen LogP contribution in [0.25, 0.3) is 17.0 Å². The molecule has 8 heteroatoms. The Morgan fingerprint density at radius 3 is 2.74 bits per heavy atom. The number of cyclic esters (lactones) is 1. The first-order valence-corrected chi connectivity index (χ1v) is 11.9. The van der Waals surface area contributed by atoms with Gasteiger partial charge in [-0.1, -0.05) is 23.9 Å². The highest BCUT2D eigenvalue weighted by Gasteiger charge is 2.31. The predicted octanol–water partition coefficient (Wildman–Crippen LogP) is 5.63. The van der Waals surface area contributed by atoms with E-state index >= 15 is 0 Å². The summed E-state index contributed by atoms with van der Waals surface area (Å²) in [6.07, 6.45) is 4.46. The van der Waals surface area contributed by atoms with Gasteiger partial charge in [-0.2, -0.15) is 0 Å². The van der Waals surface area contributed by atoms with Gasteiger partial charge in [0.15, 0.2) is 11.6 Å². The van der Waals surface area contributed by atoms with Crippen molar-refractivity contribution in [2.24, 2.45) is 0 Å². The molecule has 1 aliphatic carbocycles. The zero-order valence-electron chi connectivity index (χ0n) is 18.5. The summed E-state index contributed by atoms with van der Waals surface area (Å²) >= 11 is 1.42. The van der Waals surface area contributed by atoms with Crippen LogP contribution < -0.4 is 4.74 Å². The minimum Gasteiger partial charge on any atom is -0.497 e. The van der Waals surface area contributed by atoms with Gasteiger partial charge in [-0.05, 0) is 43.2 Å². The molecule has 1 saturated carbocycles. The van der Waals surface area contributed by atoms with Gasteiger partial charge in [-0.3, -0.25) is 9.78 Å². The second kappa shape index (κ2) is 9.35. The molecule has 0 bridgehead atoms. The smallest absolute Gasteiger partial charge is 0.309 e. The Morgan fingerprint density at radius 2 is 2.00 bits per heavy atom. The van der Waals surface area contributed by atoms with Crippen molar-refractivity contribution in [1.29, 1.82) is 0 Å². The summed E-state index contributed by atoms with van der Waals surface area (Å²) in [4.78, 5) is 18.1. The van der Waals surface area contributed by atoms with Crippen molar-refractivity contribution in [3.63, 3.8) is 0 Å². The van der Waals surface area contributed by atoms with Crippen molar-refractivity contribution in [2.75, 3.05) is 7.11 Å². The number of hydrogen-bond acceptors (Lipinski definition) is 6. The fourth-order valence-corrected chi connectivity index (χ4v) is 5.23. The monoisotopic (exact) mass is 483 g/mol. The summed E-state index contributed by atoms with van der Waals surface area (Å²) in [7, 11) is 1.59. The number of carbonyl (C=O) groups is 1. The van der Waals surface area contributed by atoms with Crippen LogP contribution in [0.1, 0.15) is 42.9 Å². The fraction of sp³-hybridized carbons (Fsp3) is 0.308. The molecule has 1 N–H and O–H groups in total. The third-order valence-corrected chi connectivity index (χ3v) is 7.07. The lowest BCUT2D eigenvalue weighted by molar-refractivity contribution is -0.156. The molecular weight excluding hydrogens is 460 g/mol. The van der Waals surface area contributed by atoms with Crippen LogP contribution in [0.15, 0.2) is 52.3 Å². The van der Waals surface area contributed by atoms with Crippen molar-refractivity contribution in [1.82, 2.24) is 4.98 Å². The molecule has 1 saturated heterocycles. The first-order valence-electron chi connectivity index (χ1n) is 11.1. The van der Waals surface area contributed by atoms with Gasteiger partial charge in [0.2, 0.25) is 0 Å². The summed E-state index contributed by atoms with van der Waals surface area (Å²) in [6.45, 7) is 0. The number of ether oxygens (including phenoxy) is 2. The van der Waals surface area contributed by atoms with Gasteiger partial charge < -0.3 is 14.6 Å². The Balaban J connectivity index is 1.65. The lowest BCUT2D eigenvalue weighted by atomic mass is 10.0. The Morgan fingerprint density at radius 1 is 1.21 bits per heavy atom. The highest BCUT2D eigenvalue weighted by molar-refractivity contribution is 7.99. The van der Waals surface area contributed by atoms with Gasteiger partial charge in [0.05, 0.1) is 30.8 Å². The van der Waals surface area contributed by atoms with Gasteiger partial charge in [0, 0.05) is 39.1 Å². The second-order valence-electron chi connectivity index (χ2n) is 8.56. The minimum atomic E-state index is -0.944. The van der Waals surface area contributed by atoms with E-state index < -0.39 is 29.8 Å². The van der Waals surface area contributed by atoms with E-state index in [4.69, 9.17) is 14.5 Å². The standard InChI is InChI=1S/C26H23F2NO4S/c1-32-16-3-2-4-18(11-16)34-26-19(8-7-17-9-15(30)10-24(31)33-17)25(14-5-6-14)29-23-13-22(28)21(27)12-20(23)26/h2-4,7-8,11-15,17,30H,5-6,9-10H2,1H3/b8-7+/t15-,17-/m1/s1. The van der Waals surface area contributed by atoms with Crippen LogP contribution in [-0.2, 0) is 9.53 Å². The van der Waals surface area contributed by atoms with Crippen LogP contribution in [0.3, 0.4) is 0 Å². The summed E-state index contributed by atoms with van der Waals surface area (Å²) in [5.41, 5.74) is 1.98. The van der Waals surface area contributed by atoms with Gasteiger partial charge in [-0.25, -0.2) is 8.78 Å². The molecule has 5 nitrogen and oxygen atoms in total. The second-order valence-corrected chi connectivity index (χ2v) is 9.64. The van der Waals surface area contributed by atoms with Crippen LogP contribution in [0, 0.1) is 11.6 Å². The number of aromatic nitrogens is 1. The number of carbonyl (C=O) groups excluding carboxylic acids is 1. The van der Waals surface area contributed by atoms with E-state index in [1.807, 2.05) is 30.3 Å². The van der Waals surface area contributed by atoms with E-state index in [0.717, 1.165) is 40.0 Å². The maximum atomic E-state index is 14.3. The molecule has 34 heavy (non-hydrogen) atoms. The lowest BCUT2D eigenvalue weighted by Gasteiger charge is -2.23. The Labute approximate surface area is 199 Å². The van der Waals surface area contributed by atoms with Gasteiger partial charge in [-0.15, -0.1) is 0 Å². The Kier molecular flexibility index (Phi) is 6.27. The maximum Gasteiger partial charge on any atom is 0.309 e. The molecule has 2 heterocycles. The first kappa shape index (κ1) is 22.8. The minimum absolute atomic E-state index is 0.0169. The summed E-state index contributed by atoms with van der Waals surface area (Å²) in [5, 5.41) is 10.5. The molecular formula is C26H23F2NO4S. The number of fused-ring (bicyclic) bond motifs is 1. The molecule has 2 atom stereocenters. The van der Waals surface area contributed by atoms with Crippen LogP contribution in [0.2, 0.25) is 0 Å². The van der Waals surface area contributed by atoms with Crippen molar-refractivity contribution in [2.45, 2.75) is 53.6 Å². The molecule has 3 aromatic rings. The van der Waals surface area contributed by atoms with E-state index in [1.165, 1.54) is 17.8 Å². The number of aliphatic hydroxyl groups is 1. The summed E-state index contributed by atoms with van der Waals surface area (Å²) in [5.74, 6) is -1.42. The first-order chi connectivity index (χ1) is 16.4. The number of aliphatic hydroxyl groups excluding tert-OH is 1. The van der Waals surface area contributed by atoms with Gasteiger partial charge >= 0.3 is 5.97 Å². The number of rotatable bonds is 6. The molecule has 5 rings (SSSR count). The number of nitrogens with zero attached hydrogens (tertiary/aromatic N) is 1. The van der Waals surface area contributed by atoms with E-state index in [9.17, 15) is 18.7 Å².